The Bertz CT molecular complexity index is 532. The second-order valence-electron chi connectivity index (χ2n) is 5.17. The summed E-state index contributed by atoms with van der Waals surface area (Å²) in [6.45, 7) is 6.44. The van der Waals surface area contributed by atoms with E-state index in [9.17, 15) is 0 Å². The zero-order valence-corrected chi connectivity index (χ0v) is 12.4. The molecule has 102 valence electrons. The molecule has 3 rings (SSSR count). The average Bonchev–Trinajstić information content (AvgIpc) is 3.11. The molecule has 2 aromatic heterocycles. The fourth-order valence-electron chi connectivity index (χ4n) is 3.05. The van der Waals surface area contributed by atoms with Crippen molar-refractivity contribution in [1.82, 2.24) is 10.1 Å². The van der Waals surface area contributed by atoms with Gasteiger partial charge in [0.1, 0.15) is 5.76 Å². The van der Waals surface area contributed by atoms with Gasteiger partial charge in [-0.25, -0.2) is 0 Å². The van der Waals surface area contributed by atoms with E-state index in [-0.39, 0.29) is 0 Å². The van der Waals surface area contributed by atoms with E-state index in [2.05, 4.69) is 41.4 Å². The number of hydrogen-bond donors (Lipinski definition) is 0. The van der Waals surface area contributed by atoms with E-state index in [4.69, 9.17) is 4.52 Å². The Morgan fingerprint density at radius 1 is 1.53 bits per heavy atom. The maximum absolute atomic E-state index is 5.47. The molecule has 3 heterocycles. The second-order valence-corrected chi connectivity index (χ2v) is 6.20. The van der Waals surface area contributed by atoms with Gasteiger partial charge >= 0.3 is 0 Å². The third-order valence-corrected chi connectivity index (χ3v) is 4.80. The van der Waals surface area contributed by atoms with Crippen LogP contribution in [0.5, 0.6) is 0 Å². The van der Waals surface area contributed by atoms with Gasteiger partial charge in [-0.15, -0.1) is 11.3 Å². The molecule has 0 spiro atoms. The summed E-state index contributed by atoms with van der Waals surface area (Å²) < 4.78 is 5.47. The average molecular weight is 276 g/mol. The van der Waals surface area contributed by atoms with E-state index in [1.165, 1.54) is 29.8 Å². The lowest BCUT2D eigenvalue weighted by atomic mass is 10.0. The Morgan fingerprint density at radius 2 is 2.42 bits per heavy atom. The summed E-state index contributed by atoms with van der Waals surface area (Å²) in [7, 11) is 0. The molecule has 4 heteroatoms. The molecule has 0 radical (unpaired) electrons. The summed E-state index contributed by atoms with van der Waals surface area (Å²) in [4.78, 5) is 4.02. The van der Waals surface area contributed by atoms with Gasteiger partial charge in [0.15, 0.2) is 0 Å². The number of thiophene rings is 1. The van der Waals surface area contributed by atoms with Crippen molar-refractivity contribution in [3.05, 3.63) is 39.4 Å². The summed E-state index contributed by atoms with van der Waals surface area (Å²) in [5.41, 5.74) is 2.41. The molecule has 1 saturated heterocycles. The van der Waals surface area contributed by atoms with Gasteiger partial charge in [-0.1, -0.05) is 18.1 Å². The number of rotatable bonds is 4. The molecule has 1 unspecified atom stereocenters. The predicted octanol–water partition coefficient (Wildman–Crippen LogP) is 3.94. The van der Waals surface area contributed by atoms with E-state index in [1.54, 1.807) is 0 Å². The van der Waals surface area contributed by atoms with Crippen molar-refractivity contribution in [2.45, 2.75) is 45.7 Å². The number of aryl methyl sites for hydroxylation is 2. The van der Waals surface area contributed by atoms with Gasteiger partial charge in [0, 0.05) is 29.4 Å². The number of likely N-dealkylation sites (tertiary alicyclic amines) is 1. The van der Waals surface area contributed by atoms with Gasteiger partial charge in [-0.05, 0) is 37.8 Å². The molecule has 19 heavy (non-hydrogen) atoms. The number of aromatic nitrogens is 1. The third-order valence-electron chi connectivity index (χ3n) is 3.94. The lowest BCUT2D eigenvalue weighted by Crippen LogP contribution is -2.23. The van der Waals surface area contributed by atoms with Crippen LogP contribution in [-0.2, 0) is 13.0 Å². The first-order valence-electron chi connectivity index (χ1n) is 7.01. The summed E-state index contributed by atoms with van der Waals surface area (Å²) >= 11 is 1.84. The number of nitrogens with zero attached hydrogens (tertiary/aromatic N) is 2. The summed E-state index contributed by atoms with van der Waals surface area (Å²) in [6, 6.07) is 4.84. The van der Waals surface area contributed by atoms with Crippen LogP contribution >= 0.6 is 11.3 Å². The van der Waals surface area contributed by atoms with Crippen molar-refractivity contribution in [2.24, 2.45) is 0 Å². The highest BCUT2D eigenvalue weighted by molar-refractivity contribution is 7.09. The molecule has 3 nitrogen and oxygen atoms in total. The maximum atomic E-state index is 5.47. The lowest BCUT2D eigenvalue weighted by molar-refractivity contribution is 0.247. The second kappa shape index (κ2) is 5.47. The van der Waals surface area contributed by atoms with E-state index in [0.29, 0.717) is 6.04 Å². The Labute approximate surface area is 118 Å². The van der Waals surface area contributed by atoms with Gasteiger partial charge in [0.25, 0.3) is 0 Å². The SMILES string of the molecule is CCc1onc(C)c1C1CCCN1Cc1cccs1. The van der Waals surface area contributed by atoms with E-state index in [1.807, 2.05) is 11.3 Å². The van der Waals surface area contributed by atoms with Crippen molar-refractivity contribution in [2.75, 3.05) is 6.54 Å². The predicted molar refractivity (Wildman–Crippen MR) is 77.3 cm³/mol. The largest absolute Gasteiger partial charge is 0.361 e. The first-order chi connectivity index (χ1) is 9.29. The van der Waals surface area contributed by atoms with Crippen LogP contribution in [0.3, 0.4) is 0 Å². The Morgan fingerprint density at radius 3 is 3.16 bits per heavy atom. The van der Waals surface area contributed by atoms with Crippen molar-refractivity contribution in [3.8, 4) is 0 Å². The zero-order valence-electron chi connectivity index (χ0n) is 11.6. The van der Waals surface area contributed by atoms with Crippen LogP contribution in [0, 0.1) is 6.92 Å². The molecule has 2 aromatic rings. The molecular formula is C15H20N2OS. The van der Waals surface area contributed by atoms with Gasteiger partial charge in [-0.2, -0.15) is 0 Å². The van der Waals surface area contributed by atoms with Crippen LogP contribution in [0.25, 0.3) is 0 Å². The van der Waals surface area contributed by atoms with E-state index < -0.39 is 0 Å². The maximum Gasteiger partial charge on any atom is 0.141 e. The van der Waals surface area contributed by atoms with Crippen LogP contribution in [0.15, 0.2) is 22.0 Å². The van der Waals surface area contributed by atoms with Crippen LogP contribution in [0.2, 0.25) is 0 Å². The van der Waals surface area contributed by atoms with Crippen molar-refractivity contribution >= 4 is 11.3 Å². The standard InChI is InChI=1S/C15H20N2OS/c1-3-14-15(11(2)16-18-14)13-7-4-8-17(13)10-12-6-5-9-19-12/h5-6,9,13H,3-4,7-8,10H2,1-2H3. The smallest absolute Gasteiger partial charge is 0.141 e. The minimum atomic E-state index is 0.489. The molecule has 0 bridgehead atoms. The van der Waals surface area contributed by atoms with E-state index in [0.717, 1.165) is 24.4 Å². The van der Waals surface area contributed by atoms with Crippen LogP contribution < -0.4 is 0 Å². The Kier molecular flexibility index (Phi) is 3.71. The first kappa shape index (κ1) is 12.9. The lowest BCUT2D eigenvalue weighted by Gasteiger charge is -2.24. The monoisotopic (exact) mass is 276 g/mol. The molecule has 0 N–H and O–H groups in total. The third kappa shape index (κ3) is 2.47. The highest BCUT2D eigenvalue weighted by Crippen LogP contribution is 2.37. The molecule has 1 aliphatic rings. The van der Waals surface area contributed by atoms with E-state index >= 15 is 0 Å². The fraction of sp³-hybridized carbons (Fsp3) is 0.533. The molecule has 1 fully saturated rings. The van der Waals surface area contributed by atoms with Crippen molar-refractivity contribution < 1.29 is 4.52 Å². The molecule has 0 amide bonds. The van der Waals surface area contributed by atoms with Crippen LogP contribution in [0.1, 0.15) is 47.7 Å². The quantitative estimate of drug-likeness (QED) is 0.847. The molecule has 0 aromatic carbocycles. The topological polar surface area (TPSA) is 29.3 Å². The van der Waals surface area contributed by atoms with Crippen LogP contribution in [-0.4, -0.2) is 16.6 Å². The van der Waals surface area contributed by atoms with Gasteiger partial charge in [0.2, 0.25) is 0 Å². The summed E-state index contributed by atoms with van der Waals surface area (Å²) in [6.07, 6.45) is 3.42. The van der Waals surface area contributed by atoms with Crippen LogP contribution in [0.4, 0.5) is 0 Å². The fourth-order valence-corrected chi connectivity index (χ4v) is 3.78. The highest BCUT2D eigenvalue weighted by Gasteiger charge is 2.31. The summed E-state index contributed by atoms with van der Waals surface area (Å²) in [5, 5.41) is 6.32. The zero-order chi connectivity index (χ0) is 13.2. The van der Waals surface area contributed by atoms with Gasteiger partial charge < -0.3 is 4.52 Å². The molecule has 1 aliphatic heterocycles. The number of hydrogen-bond acceptors (Lipinski definition) is 4. The van der Waals surface area contributed by atoms with Crippen molar-refractivity contribution in [1.29, 1.82) is 0 Å². The Balaban J connectivity index is 1.84. The molecular weight excluding hydrogens is 256 g/mol. The molecule has 0 aliphatic carbocycles. The normalized spacial score (nSPS) is 20.2. The minimum absolute atomic E-state index is 0.489. The Hall–Kier alpha value is -1.13. The highest BCUT2D eigenvalue weighted by atomic mass is 32.1. The molecule has 1 atom stereocenters. The van der Waals surface area contributed by atoms with Crippen molar-refractivity contribution in [3.63, 3.8) is 0 Å². The minimum Gasteiger partial charge on any atom is -0.361 e. The van der Waals surface area contributed by atoms with Gasteiger partial charge in [0.05, 0.1) is 5.69 Å². The molecule has 0 saturated carbocycles. The first-order valence-corrected chi connectivity index (χ1v) is 7.89. The van der Waals surface area contributed by atoms with Gasteiger partial charge in [-0.3, -0.25) is 4.90 Å². The summed E-state index contributed by atoms with van der Waals surface area (Å²) in [5.74, 6) is 1.07.